The Hall–Kier alpha value is -1.98. The number of thioether (sulfide) groups is 1. The molecule has 1 atom stereocenters. The van der Waals surface area contributed by atoms with Gasteiger partial charge in [0, 0.05) is 29.1 Å². The Kier molecular flexibility index (Phi) is 11.1. The van der Waals surface area contributed by atoms with Crippen LogP contribution in [0.3, 0.4) is 0 Å². The van der Waals surface area contributed by atoms with E-state index in [1.54, 1.807) is 11.8 Å². The molecule has 1 fully saturated rings. The summed E-state index contributed by atoms with van der Waals surface area (Å²) in [5, 5.41) is 5.03. The van der Waals surface area contributed by atoms with Crippen molar-refractivity contribution in [3.05, 3.63) is 58.4 Å². The number of hydrogen-bond donors (Lipinski definition) is 1. The largest absolute Gasteiger partial charge is 0.494 e. The molecule has 0 saturated carbocycles. The third-order valence-corrected chi connectivity index (χ3v) is 6.65. The topological polar surface area (TPSA) is 41.6 Å². The maximum atomic E-state index is 12.6. The molecule has 1 aromatic carbocycles. The molecule has 2 aliphatic rings. The third-order valence-electron chi connectivity index (χ3n) is 5.60. The number of likely N-dealkylation sites (tertiary alicyclic amines) is 1. The summed E-state index contributed by atoms with van der Waals surface area (Å²) in [5.41, 5.74) is 2.69. The van der Waals surface area contributed by atoms with Crippen molar-refractivity contribution in [2.24, 2.45) is 0 Å². The van der Waals surface area contributed by atoms with Gasteiger partial charge in [-0.25, -0.2) is 0 Å². The minimum Gasteiger partial charge on any atom is -0.494 e. The number of hydrogen-bond acceptors (Lipinski definition) is 4. The molecule has 5 heteroatoms. The number of carbonyl (C=O) groups excluding carboxylic acids is 1. The molecule has 0 spiro atoms. The van der Waals surface area contributed by atoms with Crippen LogP contribution in [0.1, 0.15) is 65.9 Å². The normalized spacial score (nSPS) is 18.4. The maximum absolute atomic E-state index is 12.6. The lowest BCUT2D eigenvalue weighted by Gasteiger charge is -2.20. The molecule has 1 saturated heterocycles. The van der Waals surface area contributed by atoms with E-state index in [2.05, 4.69) is 23.7 Å². The summed E-state index contributed by atoms with van der Waals surface area (Å²) in [7, 11) is 0. The smallest absolute Gasteiger partial charge is 0.248 e. The monoisotopic (exact) mass is 456 g/mol. The summed E-state index contributed by atoms with van der Waals surface area (Å²) < 4.78 is 5.94. The fraction of sp³-hybridized carbons (Fsp3) is 0.519. The second-order valence-corrected chi connectivity index (χ2v) is 9.28. The van der Waals surface area contributed by atoms with Crippen molar-refractivity contribution in [3.8, 4) is 5.75 Å². The molecule has 3 rings (SSSR count). The molecule has 1 amide bonds. The molecule has 2 aliphatic heterocycles. The van der Waals surface area contributed by atoms with Gasteiger partial charge in [0.2, 0.25) is 5.91 Å². The van der Waals surface area contributed by atoms with E-state index in [0.29, 0.717) is 12.5 Å². The van der Waals surface area contributed by atoms with Crippen molar-refractivity contribution in [3.63, 3.8) is 0 Å². The first kappa shape index (κ1) is 26.3. The predicted molar refractivity (Wildman–Crippen MR) is 139 cm³/mol. The summed E-state index contributed by atoms with van der Waals surface area (Å²) in [4.78, 5) is 16.1. The standard InChI is InChI=1S/C25H34N2O2S.C2H6/c1-18(2)26-25(28)23-9-6-17-30-24(23)20(4)21-10-12-22(13-11-21)29-16-7-15-27-14-5-8-19(27)3;1-2/h6,10-13,17-19H,4-5,7-9,14-16H2,1-3H3,(H,26,28);1-2H3/t19-;/m1./s1. The van der Waals surface area contributed by atoms with Crippen molar-refractivity contribution in [1.29, 1.82) is 0 Å². The van der Waals surface area contributed by atoms with Crippen molar-refractivity contribution in [2.75, 3.05) is 19.7 Å². The van der Waals surface area contributed by atoms with Crippen molar-refractivity contribution in [1.82, 2.24) is 10.2 Å². The van der Waals surface area contributed by atoms with E-state index < -0.39 is 0 Å². The molecule has 0 unspecified atom stereocenters. The number of ether oxygens (including phenoxy) is 1. The summed E-state index contributed by atoms with van der Waals surface area (Å²) in [6.45, 7) is 17.6. The van der Waals surface area contributed by atoms with Crippen LogP contribution in [-0.2, 0) is 4.79 Å². The minimum absolute atomic E-state index is 0.00901. The van der Waals surface area contributed by atoms with Crippen LogP contribution in [0.25, 0.3) is 5.57 Å². The van der Waals surface area contributed by atoms with Crippen LogP contribution in [-0.4, -0.2) is 42.6 Å². The van der Waals surface area contributed by atoms with Gasteiger partial charge in [-0.05, 0) is 81.7 Å². The van der Waals surface area contributed by atoms with E-state index in [1.807, 2.05) is 63.4 Å². The average Bonchev–Trinajstić information content (AvgIpc) is 3.22. The highest BCUT2D eigenvalue weighted by Gasteiger charge is 2.21. The van der Waals surface area contributed by atoms with E-state index in [9.17, 15) is 4.79 Å². The lowest BCUT2D eigenvalue weighted by Crippen LogP contribution is -2.32. The highest BCUT2D eigenvalue weighted by atomic mass is 32.2. The van der Waals surface area contributed by atoms with Gasteiger partial charge in [0.1, 0.15) is 5.75 Å². The molecule has 2 heterocycles. The van der Waals surface area contributed by atoms with E-state index in [-0.39, 0.29) is 11.9 Å². The van der Waals surface area contributed by atoms with Crippen molar-refractivity contribution < 1.29 is 9.53 Å². The number of rotatable bonds is 9. The number of allylic oxidation sites excluding steroid dienone is 2. The molecule has 0 radical (unpaired) electrons. The van der Waals surface area contributed by atoms with Crippen LogP contribution in [0.15, 0.2) is 52.8 Å². The van der Waals surface area contributed by atoms with Crippen LogP contribution < -0.4 is 10.1 Å². The van der Waals surface area contributed by atoms with Gasteiger partial charge in [-0.2, -0.15) is 0 Å². The molecule has 0 bridgehead atoms. The number of nitrogens with zero attached hydrogens (tertiary/aromatic N) is 1. The molecule has 176 valence electrons. The Bertz CT molecular complexity index is 811. The van der Waals surface area contributed by atoms with Crippen LogP contribution >= 0.6 is 11.8 Å². The van der Waals surface area contributed by atoms with Gasteiger partial charge < -0.3 is 15.0 Å². The van der Waals surface area contributed by atoms with Crippen LogP contribution in [0.4, 0.5) is 0 Å². The van der Waals surface area contributed by atoms with E-state index >= 15 is 0 Å². The Labute approximate surface area is 199 Å². The molecule has 4 nitrogen and oxygen atoms in total. The highest BCUT2D eigenvalue weighted by Crippen LogP contribution is 2.38. The van der Waals surface area contributed by atoms with Gasteiger partial charge in [0.05, 0.1) is 6.61 Å². The number of carbonyl (C=O) groups is 1. The fourth-order valence-corrected chi connectivity index (χ4v) is 4.82. The quantitative estimate of drug-likeness (QED) is 0.436. The van der Waals surface area contributed by atoms with Gasteiger partial charge in [0.25, 0.3) is 0 Å². The number of benzene rings is 1. The summed E-state index contributed by atoms with van der Waals surface area (Å²) in [5.74, 6) is 0.870. The third kappa shape index (κ3) is 7.56. The second-order valence-electron chi connectivity index (χ2n) is 8.36. The van der Waals surface area contributed by atoms with E-state index in [0.717, 1.165) is 46.9 Å². The minimum atomic E-state index is -0.00901. The lowest BCUT2D eigenvalue weighted by atomic mass is 10.0. The van der Waals surface area contributed by atoms with Crippen LogP contribution in [0, 0.1) is 0 Å². The lowest BCUT2D eigenvalue weighted by molar-refractivity contribution is -0.118. The van der Waals surface area contributed by atoms with Gasteiger partial charge in [0.15, 0.2) is 0 Å². The van der Waals surface area contributed by atoms with Gasteiger partial charge in [-0.15, -0.1) is 0 Å². The SMILES string of the molecule is C=C(C1=C(C(=O)NC(C)C)CC=CS1)c1ccc(OCCCN2CCC[C@H]2C)cc1.CC. The highest BCUT2D eigenvalue weighted by molar-refractivity contribution is 8.06. The van der Waals surface area contributed by atoms with Gasteiger partial charge in [-0.1, -0.05) is 50.4 Å². The Morgan fingerprint density at radius 2 is 2.00 bits per heavy atom. The average molecular weight is 457 g/mol. The first-order valence-electron chi connectivity index (χ1n) is 12.0. The molecule has 1 N–H and O–H groups in total. The summed E-state index contributed by atoms with van der Waals surface area (Å²) in [6, 6.07) is 8.88. The zero-order valence-corrected chi connectivity index (χ0v) is 21.3. The summed E-state index contributed by atoms with van der Waals surface area (Å²) >= 11 is 1.57. The maximum Gasteiger partial charge on any atom is 0.248 e. The zero-order valence-electron chi connectivity index (χ0n) is 20.4. The number of amides is 1. The molecular weight excluding hydrogens is 416 g/mol. The summed E-state index contributed by atoms with van der Waals surface area (Å²) in [6.07, 6.45) is 6.34. The van der Waals surface area contributed by atoms with Crippen molar-refractivity contribution >= 4 is 23.2 Å². The molecule has 0 aromatic heterocycles. The van der Waals surface area contributed by atoms with Crippen LogP contribution in [0.5, 0.6) is 5.75 Å². The van der Waals surface area contributed by atoms with E-state index in [4.69, 9.17) is 4.74 Å². The zero-order chi connectivity index (χ0) is 23.5. The van der Waals surface area contributed by atoms with Gasteiger partial charge >= 0.3 is 0 Å². The van der Waals surface area contributed by atoms with Crippen molar-refractivity contribution in [2.45, 2.75) is 72.4 Å². The second kappa shape index (κ2) is 13.5. The molecule has 1 aromatic rings. The van der Waals surface area contributed by atoms with Crippen LogP contribution in [0.2, 0.25) is 0 Å². The Morgan fingerprint density at radius 3 is 2.62 bits per heavy atom. The first-order valence-corrected chi connectivity index (χ1v) is 12.9. The number of nitrogens with one attached hydrogen (secondary N) is 1. The Balaban J connectivity index is 0.00000176. The van der Waals surface area contributed by atoms with E-state index in [1.165, 1.54) is 19.4 Å². The fourth-order valence-electron chi connectivity index (χ4n) is 3.91. The van der Waals surface area contributed by atoms with Gasteiger partial charge in [-0.3, -0.25) is 4.79 Å². The first-order chi connectivity index (χ1) is 15.5. The predicted octanol–water partition coefficient (Wildman–Crippen LogP) is 6.41. The molecule has 32 heavy (non-hydrogen) atoms. The molecular formula is C27H40N2O2S. The Morgan fingerprint density at radius 1 is 1.28 bits per heavy atom. The molecule has 0 aliphatic carbocycles.